The lowest BCUT2D eigenvalue weighted by molar-refractivity contribution is -0.132. The molecule has 2 aromatic carbocycles. The van der Waals surface area contributed by atoms with E-state index in [1.807, 2.05) is 53.4 Å². The highest BCUT2D eigenvalue weighted by atomic mass is 16.2. The van der Waals surface area contributed by atoms with Crippen molar-refractivity contribution in [2.24, 2.45) is 5.10 Å². The van der Waals surface area contributed by atoms with Crippen molar-refractivity contribution >= 4 is 23.2 Å². The Kier molecular flexibility index (Phi) is 5.24. The van der Waals surface area contributed by atoms with Gasteiger partial charge in [-0.25, -0.2) is 5.01 Å². The molecule has 4 rings (SSSR count). The molecule has 28 heavy (non-hydrogen) atoms. The lowest BCUT2D eigenvalue weighted by Gasteiger charge is -2.33. The van der Waals surface area contributed by atoms with E-state index in [1.54, 1.807) is 0 Å². The quantitative estimate of drug-likeness (QED) is 0.813. The first-order chi connectivity index (χ1) is 13.6. The predicted molar refractivity (Wildman–Crippen MR) is 110 cm³/mol. The molecule has 0 aliphatic carbocycles. The summed E-state index contributed by atoms with van der Waals surface area (Å²) in [5.41, 5.74) is 4.18. The van der Waals surface area contributed by atoms with Gasteiger partial charge in [-0.3, -0.25) is 9.59 Å². The molecule has 2 aliphatic heterocycles. The van der Waals surface area contributed by atoms with E-state index >= 15 is 0 Å². The number of carbonyl (C=O) groups excluding carboxylic acids is 2. The Bertz CT molecular complexity index is 907. The molecule has 0 saturated heterocycles. The molecule has 0 radical (unpaired) electrons. The zero-order chi connectivity index (χ0) is 19.5. The molecular formula is C23H25N3O2. The lowest BCUT2D eigenvalue weighted by Crippen LogP contribution is -2.37. The highest BCUT2D eigenvalue weighted by Crippen LogP contribution is 2.35. The van der Waals surface area contributed by atoms with Gasteiger partial charge in [0.25, 0.3) is 0 Å². The Morgan fingerprint density at radius 1 is 0.964 bits per heavy atom. The summed E-state index contributed by atoms with van der Waals surface area (Å²) >= 11 is 0. The third kappa shape index (κ3) is 3.70. The molecule has 0 N–H and O–H groups in total. The number of para-hydroxylation sites is 1. The summed E-state index contributed by atoms with van der Waals surface area (Å²) in [5, 5.41) is 5.99. The minimum Gasteiger partial charge on any atom is -0.312 e. The monoisotopic (exact) mass is 375 g/mol. The molecule has 5 nitrogen and oxygen atoms in total. The van der Waals surface area contributed by atoms with Gasteiger partial charge in [0, 0.05) is 31.5 Å². The topological polar surface area (TPSA) is 53.0 Å². The molecule has 5 heteroatoms. The molecule has 2 heterocycles. The van der Waals surface area contributed by atoms with Gasteiger partial charge in [0.2, 0.25) is 11.8 Å². The fourth-order valence-electron chi connectivity index (χ4n) is 3.96. The second-order valence-electron chi connectivity index (χ2n) is 7.47. The average molecular weight is 375 g/mol. The standard InChI is InChI=1S/C23H25N3O2/c1-17-13-15-25(21-10-6-5-9-19(17)21)22(27)11-12-23(28)26-16-14-20(24-26)18-7-3-2-4-8-18/h2-10,17H,11-16H2,1H3. The first kappa shape index (κ1) is 18.4. The summed E-state index contributed by atoms with van der Waals surface area (Å²) < 4.78 is 0. The smallest absolute Gasteiger partial charge is 0.243 e. The van der Waals surface area contributed by atoms with Gasteiger partial charge in [-0.2, -0.15) is 5.10 Å². The molecule has 144 valence electrons. The summed E-state index contributed by atoms with van der Waals surface area (Å²) in [6.07, 6.45) is 2.11. The summed E-state index contributed by atoms with van der Waals surface area (Å²) in [6.45, 7) is 3.49. The molecule has 0 aromatic heterocycles. The minimum atomic E-state index is -0.0852. The second-order valence-corrected chi connectivity index (χ2v) is 7.47. The molecule has 0 saturated carbocycles. The van der Waals surface area contributed by atoms with E-state index in [0.717, 1.165) is 29.8 Å². The van der Waals surface area contributed by atoms with Gasteiger partial charge in [0.05, 0.1) is 12.3 Å². The van der Waals surface area contributed by atoms with Crippen LogP contribution in [-0.4, -0.2) is 35.6 Å². The summed E-state index contributed by atoms with van der Waals surface area (Å²) in [5.74, 6) is 0.384. The van der Waals surface area contributed by atoms with Crippen molar-refractivity contribution in [2.75, 3.05) is 18.0 Å². The molecule has 1 atom stereocenters. The van der Waals surface area contributed by atoms with Crippen LogP contribution in [0.25, 0.3) is 0 Å². The Morgan fingerprint density at radius 2 is 1.68 bits per heavy atom. The van der Waals surface area contributed by atoms with Crippen LogP contribution in [0.2, 0.25) is 0 Å². The van der Waals surface area contributed by atoms with Crippen molar-refractivity contribution < 1.29 is 9.59 Å². The fraction of sp³-hybridized carbons (Fsp3) is 0.348. The highest BCUT2D eigenvalue weighted by molar-refractivity contribution is 6.03. The van der Waals surface area contributed by atoms with Crippen molar-refractivity contribution in [3.8, 4) is 0 Å². The number of benzene rings is 2. The average Bonchev–Trinajstić information content (AvgIpc) is 3.23. The Labute approximate surface area is 165 Å². The highest BCUT2D eigenvalue weighted by Gasteiger charge is 2.27. The molecule has 0 fully saturated rings. The Morgan fingerprint density at radius 3 is 2.50 bits per heavy atom. The minimum absolute atomic E-state index is 0.0131. The number of fused-ring (bicyclic) bond motifs is 1. The van der Waals surface area contributed by atoms with Crippen LogP contribution in [0.5, 0.6) is 0 Å². The lowest BCUT2D eigenvalue weighted by atomic mass is 9.91. The van der Waals surface area contributed by atoms with Crippen LogP contribution in [0.15, 0.2) is 59.7 Å². The zero-order valence-electron chi connectivity index (χ0n) is 16.2. The number of nitrogens with zero attached hydrogens (tertiary/aromatic N) is 3. The normalized spacial score (nSPS) is 18.6. The predicted octanol–water partition coefficient (Wildman–Crippen LogP) is 3.94. The van der Waals surface area contributed by atoms with Crippen molar-refractivity contribution in [1.29, 1.82) is 0 Å². The van der Waals surface area contributed by atoms with Gasteiger partial charge < -0.3 is 4.90 Å². The number of anilines is 1. The summed E-state index contributed by atoms with van der Waals surface area (Å²) in [4.78, 5) is 27.2. The van der Waals surface area contributed by atoms with Gasteiger partial charge in [0.15, 0.2) is 0 Å². The van der Waals surface area contributed by atoms with Crippen LogP contribution in [0.1, 0.15) is 49.7 Å². The number of rotatable bonds is 4. The maximum atomic E-state index is 12.8. The first-order valence-electron chi connectivity index (χ1n) is 9.96. The number of hydrogen-bond donors (Lipinski definition) is 0. The van der Waals surface area contributed by atoms with Gasteiger partial charge >= 0.3 is 0 Å². The molecule has 0 spiro atoms. The van der Waals surface area contributed by atoms with Crippen molar-refractivity contribution in [3.63, 3.8) is 0 Å². The SMILES string of the molecule is CC1CCN(C(=O)CCC(=O)N2CCC(c3ccccc3)=N2)c2ccccc21. The number of hydrazone groups is 1. The molecule has 1 unspecified atom stereocenters. The summed E-state index contributed by atoms with van der Waals surface area (Å²) in [7, 11) is 0. The van der Waals surface area contributed by atoms with Crippen LogP contribution < -0.4 is 4.90 Å². The van der Waals surface area contributed by atoms with Crippen molar-refractivity contribution in [1.82, 2.24) is 5.01 Å². The van der Waals surface area contributed by atoms with E-state index in [2.05, 4.69) is 18.1 Å². The third-order valence-electron chi connectivity index (χ3n) is 5.59. The molecule has 2 aliphatic rings. The zero-order valence-corrected chi connectivity index (χ0v) is 16.2. The maximum Gasteiger partial charge on any atom is 0.243 e. The van der Waals surface area contributed by atoms with Crippen molar-refractivity contribution in [3.05, 3.63) is 65.7 Å². The van der Waals surface area contributed by atoms with E-state index in [9.17, 15) is 9.59 Å². The van der Waals surface area contributed by atoms with Gasteiger partial charge in [0.1, 0.15) is 0 Å². The number of hydrogen-bond acceptors (Lipinski definition) is 3. The molecule has 2 amide bonds. The third-order valence-corrected chi connectivity index (χ3v) is 5.59. The van der Waals surface area contributed by atoms with E-state index in [-0.39, 0.29) is 24.7 Å². The van der Waals surface area contributed by atoms with Gasteiger partial charge in [-0.1, -0.05) is 55.5 Å². The largest absolute Gasteiger partial charge is 0.312 e. The second kappa shape index (κ2) is 7.97. The van der Waals surface area contributed by atoms with Gasteiger partial charge in [-0.15, -0.1) is 0 Å². The van der Waals surface area contributed by atoms with Crippen LogP contribution in [0, 0.1) is 0 Å². The van der Waals surface area contributed by atoms with Crippen molar-refractivity contribution in [2.45, 2.75) is 38.5 Å². The van der Waals surface area contributed by atoms with Crippen LogP contribution in [0.3, 0.4) is 0 Å². The van der Waals surface area contributed by atoms with Crippen LogP contribution >= 0.6 is 0 Å². The van der Waals surface area contributed by atoms with E-state index < -0.39 is 0 Å². The van der Waals surface area contributed by atoms with E-state index in [1.165, 1.54) is 10.6 Å². The van der Waals surface area contributed by atoms with E-state index in [0.29, 0.717) is 19.0 Å². The molecule has 2 aromatic rings. The summed E-state index contributed by atoms with van der Waals surface area (Å²) in [6, 6.07) is 18.0. The Balaban J connectivity index is 1.37. The van der Waals surface area contributed by atoms with E-state index in [4.69, 9.17) is 0 Å². The molecule has 0 bridgehead atoms. The first-order valence-corrected chi connectivity index (χ1v) is 9.96. The molecular weight excluding hydrogens is 350 g/mol. The van der Waals surface area contributed by atoms with Gasteiger partial charge in [-0.05, 0) is 29.5 Å². The number of carbonyl (C=O) groups is 2. The Hall–Kier alpha value is -2.95. The number of amides is 2. The van der Waals surface area contributed by atoms with Crippen LogP contribution in [-0.2, 0) is 9.59 Å². The van der Waals surface area contributed by atoms with Crippen LogP contribution in [0.4, 0.5) is 5.69 Å². The fourth-order valence-corrected chi connectivity index (χ4v) is 3.96. The maximum absolute atomic E-state index is 12.8.